The summed E-state index contributed by atoms with van der Waals surface area (Å²) in [7, 11) is 1.27. The Morgan fingerprint density at radius 3 is 2.55 bits per heavy atom. The first-order valence-corrected chi connectivity index (χ1v) is 6.45. The second-order valence-electron chi connectivity index (χ2n) is 3.82. The lowest BCUT2D eigenvalue weighted by molar-refractivity contribution is -0.274. The Balaban J connectivity index is 2.84. The molecule has 0 amide bonds. The molecule has 0 saturated heterocycles. The third kappa shape index (κ3) is 4.92. The van der Waals surface area contributed by atoms with E-state index in [2.05, 4.69) is 30.7 Å². The summed E-state index contributed by atoms with van der Waals surface area (Å²) in [6.45, 7) is 1.78. The molecule has 0 aliphatic heterocycles. The molecule has 112 valence electrons. The van der Waals surface area contributed by atoms with E-state index in [1.165, 1.54) is 19.2 Å². The van der Waals surface area contributed by atoms with E-state index in [9.17, 15) is 18.0 Å². The van der Waals surface area contributed by atoms with Gasteiger partial charge in [-0.2, -0.15) is 0 Å². The number of rotatable bonds is 5. The molecule has 1 unspecified atom stereocenters. The molecule has 1 aromatic carbocycles. The molecule has 1 rings (SSSR count). The summed E-state index contributed by atoms with van der Waals surface area (Å²) >= 11 is 2.98. The maximum Gasteiger partial charge on any atom is 0.573 e. The zero-order valence-electron chi connectivity index (χ0n) is 10.8. The SMILES string of the molecule is CCC(Nc1ccc(OC(F)(F)F)c(Br)c1)C(=O)OC. The smallest absolute Gasteiger partial charge is 0.467 e. The lowest BCUT2D eigenvalue weighted by atomic mass is 10.2. The molecule has 4 nitrogen and oxygen atoms in total. The van der Waals surface area contributed by atoms with Crippen molar-refractivity contribution in [1.29, 1.82) is 0 Å². The highest BCUT2D eigenvalue weighted by Gasteiger charge is 2.32. The molecular weight excluding hydrogens is 343 g/mol. The van der Waals surface area contributed by atoms with Crippen LogP contribution in [0.4, 0.5) is 18.9 Å². The average molecular weight is 356 g/mol. The van der Waals surface area contributed by atoms with E-state index in [1.54, 1.807) is 6.92 Å². The van der Waals surface area contributed by atoms with Gasteiger partial charge in [-0.05, 0) is 40.5 Å². The van der Waals surface area contributed by atoms with Crippen LogP contribution in [0.2, 0.25) is 0 Å². The van der Waals surface area contributed by atoms with Gasteiger partial charge in [-0.3, -0.25) is 0 Å². The van der Waals surface area contributed by atoms with Crippen LogP contribution in [0.3, 0.4) is 0 Å². The summed E-state index contributed by atoms with van der Waals surface area (Å²) in [4.78, 5) is 11.4. The Morgan fingerprint density at radius 1 is 1.45 bits per heavy atom. The Bertz CT molecular complexity index is 480. The van der Waals surface area contributed by atoms with Gasteiger partial charge in [-0.25, -0.2) is 4.79 Å². The normalized spacial score (nSPS) is 12.7. The van der Waals surface area contributed by atoms with E-state index in [0.717, 1.165) is 6.07 Å². The van der Waals surface area contributed by atoms with Gasteiger partial charge >= 0.3 is 12.3 Å². The molecule has 1 atom stereocenters. The molecule has 1 N–H and O–H groups in total. The Hall–Kier alpha value is -1.44. The second kappa shape index (κ2) is 6.83. The van der Waals surface area contributed by atoms with Crippen molar-refractivity contribution in [3.05, 3.63) is 22.7 Å². The molecule has 0 radical (unpaired) electrons. The first-order valence-electron chi connectivity index (χ1n) is 5.66. The largest absolute Gasteiger partial charge is 0.573 e. The van der Waals surface area contributed by atoms with E-state index < -0.39 is 18.4 Å². The third-order valence-corrected chi connectivity index (χ3v) is 3.01. The van der Waals surface area contributed by atoms with Crippen LogP contribution >= 0.6 is 15.9 Å². The van der Waals surface area contributed by atoms with Crippen LogP contribution in [0.15, 0.2) is 22.7 Å². The Labute approximate surface area is 122 Å². The number of anilines is 1. The van der Waals surface area contributed by atoms with Gasteiger partial charge in [0.15, 0.2) is 0 Å². The quantitative estimate of drug-likeness (QED) is 0.818. The summed E-state index contributed by atoms with van der Waals surface area (Å²) in [5.74, 6) is -0.798. The van der Waals surface area contributed by atoms with Gasteiger partial charge < -0.3 is 14.8 Å². The fourth-order valence-electron chi connectivity index (χ4n) is 1.47. The predicted molar refractivity (Wildman–Crippen MR) is 70.5 cm³/mol. The molecule has 0 aliphatic rings. The summed E-state index contributed by atoms with van der Waals surface area (Å²) in [5, 5.41) is 2.87. The Morgan fingerprint density at radius 2 is 2.10 bits per heavy atom. The van der Waals surface area contributed by atoms with Crippen molar-refractivity contribution in [2.45, 2.75) is 25.7 Å². The van der Waals surface area contributed by atoms with Crippen molar-refractivity contribution in [2.75, 3.05) is 12.4 Å². The fourth-order valence-corrected chi connectivity index (χ4v) is 1.93. The van der Waals surface area contributed by atoms with Crippen LogP contribution in [0.1, 0.15) is 13.3 Å². The summed E-state index contributed by atoms with van der Waals surface area (Å²) in [6, 6.07) is 3.37. The predicted octanol–water partition coefficient (Wildman–Crippen LogP) is 3.71. The molecule has 0 spiro atoms. The van der Waals surface area contributed by atoms with E-state index in [0.29, 0.717) is 12.1 Å². The van der Waals surface area contributed by atoms with Crippen LogP contribution in [0.5, 0.6) is 5.75 Å². The van der Waals surface area contributed by atoms with Crippen LogP contribution in [-0.2, 0) is 9.53 Å². The highest BCUT2D eigenvalue weighted by molar-refractivity contribution is 9.10. The van der Waals surface area contributed by atoms with Gasteiger partial charge in [-0.1, -0.05) is 6.92 Å². The zero-order valence-corrected chi connectivity index (χ0v) is 12.3. The number of hydrogen-bond donors (Lipinski definition) is 1. The first-order chi connectivity index (χ1) is 9.26. The fraction of sp³-hybridized carbons (Fsp3) is 0.417. The third-order valence-electron chi connectivity index (χ3n) is 2.39. The Kier molecular flexibility index (Phi) is 5.67. The number of alkyl halides is 3. The average Bonchev–Trinajstić information content (AvgIpc) is 2.36. The molecule has 0 aromatic heterocycles. The molecule has 0 bridgehead atoms. The number of hydrogen-bond acceptors (Lipinski definition) is 4. The van der Waals surface area contributed by atoms with Gasteiger partial charge in [0.05, 0.1) is 11.6 Å². The molecule has 0 saturated carbocycles. The number of benzene rings is 1. The monoisotopic (exact) mass is 355 g/mol. The highest BCUT2D eigenvalue weighted by atomic mass is 79.9. The van der Waals surface area contributed by atoms with Gasteiger partial charge in [0.1, 0.15) is 11.8 Å². The maximum absolute atomic E-state index is 12.1. The number of carbonyl (C=O) groups excluding carboxylic acids is 1. The number of halogens is 4. The summed E-state index contributed by atoms with van der Waals surface area (Å²) < 4.78 is 44.9. The van der Waals surface area contributed by atoms with Crippen molar-refractivity contribution >= 4 is 27.6 Å². The van der Waals surface area contributed by atoms with Gasteiger partial charge in [-0.15, -0.1) is 13.2 Å². The van der Waals surface area contributed by atoms with Gasteiger partial charge in [0, 0.05) is 5.69 Å². The second-order valence-corrected chi connectivity index (χ2v) is 4.68. The van der Waals surface area contributed by atoms with Crippen molar-refractivity contribution in [3.8, 4) is 5.75 Å². The number of ether oxygens (including phenoxy) is 2. The standard InChI is InChI=1S/C12H13BrF3NO3/c1-3-9(11(18)19-2)17-7-4-5-10(8(13)6-7)20-12(14,15)16/h4-6,9,17H,3H2,1-2H3. The van der Waals surface area contributed by atoms with Crippen LogP contribution in [0, 0.1) is 0 Å². The van der Waals surface area contributed by atoms with E-state index in [4.69, 9.17) is 0 Å². The van der Waals surface area contributed by atoms with E-state index >= 15 is 0 Å². The number of methoxy groups -OCH3 is 1. The zero-order chi connectivity index (χ0) is 15.3. The summed E-state index contributed by atoms with van der Waals surface area (Å²) in [5.41, 5.74) is 0.476. The number of esters is 1. The van der Waals surface area contributed by atoms with E-state index in [1.807, 2.05) is 0 Å². The van der Waals surface area contributed by atoms with Gasteiger partial charge in [0.2, 0.25) is 0 Å². The minimum absolute atomic E-state index is 0.125. The summed E-state index contributed by atoms with van der Waals surface area (Å²) in [6.07, 6.45) is -4.28. The minimum atomic E-state index is -4.75. The number of nitrogens with one attached hydrogen (secondary N) is 1. The van der Waals surface area contributed by atoms with Crippen molar-refractivity contribution in [2.24, 2.45) is 0 Å². The van der Waals surface area contributed by atoms with Crippen LogP contribution < -0.4 is 10.1 Å². The molecule has 20 heavy (non-hydrogen) atoms. The van der Waals surface area contributed by atoms with Crippen molar-refractivity contribution < 1.29 is 27.4 Å². The lowest BCUT2D eigenvalue weighted by Crippen LogP contribution is -2.29. The van der Waals surface area contributed by atoms with Crippen molar-refractivity contribution in [1.82, 2.24) is 0 Å². The molecular formula is C12H13BrF3NO3. The van der Waals surface area contributed by atoms with Crippen LogP contribution in [-0.4, -0.2) is 25.5 Å². The molecule has 0 heterocycles. The van der Waals surface area contributed by atoms with Crippen LogP contribution in [0.25, 0.3) is 0 Å². The number of carbonyl (C=O) groups is 1. The van der Waals surface area contributed by atoms with E-state index in [-0.39, 0.29) is 10.2 Å². The van der Waals surface area contributed by atoms with Crippen molar-refractivity contribution in [3.63, 3.8) is 0 Å². The molecule has 0 fully saturated rings. The lowest BCUT2D eigenvalue weighted by Gasteiger charge is -2.17. The minimum Gasteiger partial charge on any atom is -0.467 e. The molecule has 1 aromatic rings. The molecule has 0 aliphatic carbocycles. The van der Waals surface area contributed by atoms with Gasteiger partial charge in [0.25, 0.3) is 0 Å². The highest BCUT2D eigenvalue weighted by Crippen LogP contribution is 2.32. The maximum atomic E-state index is 12.1. The topological polar surface area (TPSA) is 47.6 Å². The molecule has 8 heteroatoms. The first kappa shape index (κ1) is 16.6.